The lowest BCUT2D eigenvalue weighted by Gasteiger charge is -2.10. The summed E-state index contributed by atoms with van der Waals surface area (Å²) in [6, 6.07) is 5.63. The van der Waals surface area contributed by atoms with Crippen LogP contribution in [0.3, 0.4) is 0 Å². The molecule has 0 spiro atoms. The Balaban J connectivity index is 2.67. The summed E-state index contributed by atoms with van der Waals surface area (Å²) in [5, 5.41) is 0. The van der Waals surface area contributed by atoms with Gasteiger partial charge >= 0.3 is 5.97 Å². The fraction of sp³-hybridized carbons (Fsp3) is 0.357. The van der Waals surface area contributed by atoms with Crippen LogP contribution in [0.4, 0.5) is 0 Å². The van der Waals surface area contributed by atoms with E-state index in [-0.39, 0.29) is 19.0 Å². The SMILES string of the molecule is C/C=C/c1ccc(OCCC(=O)OC)c(OC)c1. The monoisotopic (exact) mass is 250 g/mol. The number of benzene rings is 1. The number of methoxy groups -OCH3 is 2. The molecule has 98 valence electrons. The highest BCUT2D eigenvalue weighted by atomic mass is 16.5. The van der Waals surface area contributed by atoms with Crippen molar-refractivity contribution in [3.05, 3.63) is 29.8 Å². The molecular weight excluding hydrogens is 232 g/mol. The second kappa shape index (κ2) is 7.37. The van der Waals surface area contributed by atoms with Crippen molar-refractivity contribution in [2.75, 3.05) is 20.8 Å². The van der Waals surface area contributed by atoms with Crippen molar-refractivity contribution in [1.29, 1.82) is 0 Å². The van der Waals surface area contributed by atoms with Gasteiger partial charge in [0.2, 0.25) is 0 Å². The first-order valence-corrected chi connectivity index (χ1v) is 5.71. The van der Waals surface area contributed by atoms with Crippen molar-refractivity contribution in [2.45, 2.75) is 13.3 Å². The molecule has 0 radical (unpaired) electrons. The molecule has 1 aromatic carbocycles. The Morgan fingerprint density at radius 1 is 1.28 bits per heavy atom. The zero-order valence-corrected chi connectivity index (χ0v) is 10.9. The predicted molar refractivity (Wildman–Crippen MR) is 69.8 cm³/mol. The third-order valence-electron chi connectivity index (χ3n) is 2.34. The maximum atomic E-state index is 11.0. The van der Waals surface area contributed by atoms with Gasteiger partial charge < -0.3 is 14.2 Å². The third kappa shape index (κ3) is 4.13. The molecule has 0 aromatic heterocycles. The number of ether oxygens (including phenoxy) is 3. The van der Waals surface area contributed by atoms with E-state index in [0.29, 0.717) is 11.5 Å². The standard InChI is InChI=1S/C14H18O4/c1-4-5-11-6-7-12(13(10-11)16-2)18-9-8-14(15)17-3/h4-7,10H,8-9H2,1-3H3/b5-4+. The van der Waals surface area contributed by atoms with E-state index in [1.54, 1.807) is 7.11 Å². The van der Waals surface area contributed by atoms with E-state index < -0.39 is 0 Å². The molecule has 0 fully saturated rings. The lowest BCUT2D eigenvalue weighted by atomic mass is 10.2. The molecule has 18 heavy (non-hydrogen) atoms. The molecule has 0 saturated carbocycles. The largest absolute Gasteiger partial charge is 0.493 e. The van der Waals surface area contributed by atoms with Crippen LogP contribution < -0.4 is 9.47 Å². The van der Waals surface area contributed by atoms with E-state index in [0.717, 1.165) is 5.56 Å². The second-order valence-corrected chi connectivity index (χ2v) is 3.58. The van der Waals surface area contributed by atoms with Gasteiger partial charge in [-0.25, -0.2) is 0 Å². The van der Waals surface area contributed by atoms with E-state index in [4.69, 9.17) is 9.47 Å². The van der Waals surface area contributed by atoms with E-state index in [9.17, 15) is 4.79 Å². The van der Waals surface area contributed by atoms with Crippen LogP contribution in [0.2, 0.25) is 0 Å². The summed E-state index contributed by atoms with van der Waals surface area (Å²) in [6.45, 7) is 2.22. The number of carbonyl (C=O) groups excluding carboxylic acids is 1. The van der Waals surface area contributed by atoms with E-state index in [1.165, 1.54) is 7.11 Å². The molecule has 0 atom stereocenters. The number of allylic oxidation sites excluding steroid dienone is 1. The fourth-order valence-electron chi connectivity index (χ4n) is 1.45. The summed E-state index contributed by atoms with van der Waals surface area (Å²) < 4.78 is 15.3. The minimum Gasteiger partial charge on any atom is -0.493 e. The average molecular weight is 250 g/mol. The van der Waals surface area contributed by atoms with Crippen LogP contribution >= 0.6 is 0 Å². The minimum atomic E-state index is -0.292. The van der Waals surface area contributed by atoms with Gasteiger partial charge in [-0.05, 0) is 24.6 Å². The Hall–Kier alpha value is -1.97. The molecule has 0 amide bonds. The normalized spacial score (nSPS) is 10.4. The Bertz CT molecular complexity index is 424. The minimum absolute atomic E-state index is 0.219. The summed E-state index contributed by atoms with van der Waals surface area (Å²) in [6.07, 6.45) is 4.14. The van der Waals surface area contributed by atoms with Crippen molar-refractivity contribution < 1.29 is 19.0 Å². The average Bonchev–Trinajstić information content (AvgIpc) is 2.40. The summed E-state index contributed by atoms with van der Waals surface area (Å²) in [5.74, 6) is 0.977. The second-order valence-electron chi connectivity index (χ2n) is 3.58. The molecule has 0 aliphatic carbocycles. The van der Waals surface area contributed by atoms with Gasteiger partial charge in [-0.1, -0.05) is 18.2 Å². The van der Waals surface area contributed by atoms with Crippen LogP contribution in [0.5, 0.6) is 11.5 Å². The highest BCUT2D eigenvalue weighted by molar-refractivity contribution is 5.69. The van der Waals surface area contributed by atoms with E-state index >= 15 is 0 Å². The van der Waals surface area contributed by atoms with Gasteiger partial charge in [-0.3, -0.25) is 4.79 Å². The molecule has 0 aliphatic heterocycles. The Kier molecular flexibility index (Phi) is 5.77. The lowest BCUT2D eigenvalue weighted by Crippen LogP contribution is -2.08. The number of esters is 1. The van der Waals surface area contributed by atoms with Gasteiger partial charge in [0.05, 0.1) is 27.2 Å². The molecule has 4 nitrogen and oxygen atoms in total. The van der Waals surface area contributed by atoms with E-state index in [1.807, 2.05) is 37.3 Å². The summed E-state index contributed by atoms with van der Waals surface area (Å²) in [7, 11) is 2.94. The Morgan fingerprint density at radius 2 is 2.06 bits per heavy atom. The first kappa shape index (κ1) is 14.1. The zero-order chi connectivity index (χ0) is 13.4. The molecule has 0 unspecified atom stereocenters. The molecule has 0 saturated heterocycles. The molecule has 0 N–H and O–H groups in total. The van der Waals surface area contributed by atoms with Gasteiger partial charge in [0.1, 0.15) is 0 Å². The molecular formula is C14H18O4. The number of rotatable bonds is 6. The van der Waals surface area contributed by atoms with Crippen molar-refractivity contribution in [3.63, 3.8) is 0 Å². The molecule has 0 aliphatic rings. The van der Waals surface area contributed by atoms with Crippen LogP contribution in [0.15, 0.2) is 24.3 Å². The van der Waals surface area contributed by atoms with Crippen molar-refractivity contribution in [3.8, 4) is 11.5 Å². The number of carbonyl (C=O) groups is 1. The van der Waals surface area contributed by atoms with E-state index in [2.05, 4.69) is 4.74 Å². The Morgan fingerprint density at radius 3 is 2.67 bits per heavy atom. The molecule has 1 aromatic rings. The topological polar surface area (TPSA) is 44.8 Å². The first-order chi connectivity index (χ1) is 8.71. The predicted octanol–water partition coefficient (Wildman–Crippen LogP) is 2.67. The van der Waals surface area contributed by atoms with Crippen LogP contribution in [0.25, 0.3) is 6.08 Å². The third-order valence-corrected chi connectivity index (χ3v) is 2.34. The van der Waals surface area contributed by atoms with Crippen LogP contribution in [0.1, 0.15) is 18.9 Å². The Labute approximate surface area is 107 Å². The van der Waals surface area contributed by atoms with Crippen molar-refractivity contribution >= 4 is 12.0 Å². The van der Waals surface area contributed by atoms with Gasteiger partial charge in [-0.15, -0.1) is 0 Å². The summed E-state index contributed by atoms with van der Waals surface area (Å²) >= 11 is 0. The van der Waals surface area contributed by atoms with Crippen LogP contribution in [-0.4, -0.2) is 26.8 Å². The number of hydrogen-bond donors (Lipinski definition) is 0. The highest BCUT2D eigenvalue weighted by Crippen LogP contribution is 2.28. The molecule has 0 bridgehead atoms. The highest BCUT2D eigenvalue weighted by Gasteiger charge is 2.06. The summed E-state index contributed by atoms with van der Waals surface area (Å²) in [4.78, 5) is 11.0. The van der Waals surface area contributed by atoms with Crippen LogP contribution in [0, 0.1) is 0 Å². The van der Waals surface area contributed by atoms with Gasteiger partial charge in [0.15, 0.2) is 11.5 Å². The molecule has 4 heteroatoms. The van der Waals surface area contributed by atoms with Crippen molar-refractivity contribution in [1.82, 2.24) is 0 Å². The molecule has 1 rings (SSSR count). The van der Waals surface area contributed by atoms with Crippen molar-refractivity contribution in [2.24, 2.45) is 0 Å². The molecule has 0 heterocycles. The smallest absolute Gasteiger partial charge is 0.308 e. The van der Waals surface area contributed by atoms with Gasteiger partial charge in [0, 0.05) is 0 Å². The van der Waals surface area contributed by atoms with Crippen LogP contribution in [-0.2, 0) is 9.53 Å². The summed E-state index contributed by atoms with van der Waals surface area (Å²) in [5.41, 5.74) is 1.04. The first-order valence-electron chi connectivity index (χ1n) is 5.71. The maximum Gasteiger partial charge on any atom is 0.308 e. The maximum absolute atomic E-state index is 11.0. The van der Waals surface area contributed by atoms with Gasteiger partial charge in [-0.2, -0.15) is 0 Å². The zero-order valence-electron chi connectivity index (χ0n) is 10.9. The fourth-order valence-corrected chi connectivity index (χ4v) is 1.45. The lowest BCUT2D eigenvalue weighted by molar-refractivity contribution is -0.141. The number of hydrogen-bond acceptors (Lipinski definition) is 4. The quantitative estimate of drug-likeness (QED) is 0.728. The van der Waals surface area contributed by atoms with Gasteiger partial charge in [0.25, 0.3) is 0 Å².